The summed E-state index contributed by atoms with van der Waals surface area (Å²) in [7, 11) is -3.72. The number of benzene rings is 3. The Morgan fingerprint density at radius 2 is 1.22 bits per heavy atom. The van der Waals surface area contributed by atoms with E-state index in [1.165, 1.54) is 0 Å². The van der Waals surface area contributed by atoms with Gasteiger partial charge in [0, 0.05) is 5.69 Å². The van der Waals surface area contributed by atoms with Gasteiger partial charge in [0.1, 0.15) is 11.5 Å². The van der Waals surface area contributed by atoms with E-state index in [1.807, 2.05) is 82.3 Å². The lowest BCUT2D eigenvalue weighted by Gasteiger charge is -2.22. The summed E-state index contributed by atoms with van der Waals surface area (Å²) in [5.74, 6) is 0.979. The molecule has 0 atom stereocenters. The first-order valence-corrected chi connectivity index (χ1v) is 10.4. The number of rotatable bonds is 6. The third-order valence-electron chi connectivity index (χ3n) is 4.08. The minimum Gasteiger partial charge on any atom is -0.400 e. The smallest absolute Gasteiger partial charge is 0.400 e. The standard InChI is InChI=1S/C22H24NO3P/c1-16-7-5-9-20(13-16)25-27(24,26-21-10-6-8-17(2)14-21)23-22-15-18(3)11-12-19(22)4/h5-15H,1-4H3,(H,23,24). The molecule has 3 rings (SSSR count). The molecule has 0 fully saturated rings. The molecule has 1 N–H and O–H groups in total. The molecule has 0 aliphatic carbocycles. The van der Waals surface area contributed by atoms with Crippen LogP contribution in [0.25, 0.3) is 0 Å². The predicted molar refractivity (Wildman–Crippen MR) is 111 cm³/mol. The van der Waals surface area contributed by atoms with Gasteiger partial charge >= 0.3 is 7.75 Å². The molecule has 0 aliphatic rings. The molecule has 0 aromatic heterocycles. The minimum absolute atomic E-state index is 0.490. The molecule has 0 saturated heterocycles. The summed E-state index contributed by atoms with van der Waals surface area (Å²) >= 11 is 0. The normalized spacial score (nSPS) is 11.1. The molecule has 140 valence electrons. The van der Waals surface area contributed by atoms with Gasteiger partial charge in [0.2, 0.25) is 0 Å². The molecule has 0 bridgehead atoms. The SMILES string of the molecule is Cc1cccc(OP(=O)(Nc2cc(C)ccc2C)Oc2cccc(C)c2)c1. The van der Waals surface area contributed by atoms with E-state index >= 15 is 0 Å². The van der Waals surface area contributed by atoms with E-state index in [2.05, 4.69) is 5.09 Å². The van der Waals surface area contributed by atoms with Gasteiger partial charge in [-0.05, 0) is 80.3 Å². The van der Waals surface area contributed by atoms with Crippen molar-refractivity contribution in [3.8, 4) is 11.5 Å². The molecule has 5 heteroatoms. The third-order valence-corrected chi connectivity index (χ3v) is 5.50. The summed E-state index contributed by atoms with van der Waals surface area (Å²) in [6, 6.07) is 20.7. The summed E-state index contributed by atoms with van der Waals surface area (Å²) < 4.78 is 25.3. The van der Waals surface area contributed by atoms with Crippen molar-refractivity contribution in [2.45, 2.75) is 27.7 Å². The summed E-state index contributed by atoms with van der Waals surface area (Å²) in [5.41, 5.74) is 4.77. The Hall–Kier alpha value is -2.71. The van der Waals surface area contributed by atoms with Crippen molar-refractivity contribution < 1.29 is 13.6 Å². The molecular formula is C22H24NO3P. The zero-order valence-electron chi connectivity index (χ0n) is 16.0. The first-order chi connectivity index (χ1) is 12.8. The number of nitrogens with one attached hydrogen (secondary N) is 1. The molecule has 0 aliphatic heterocycles. The monoisotopic (exact) mass is 381 g/mol. The van der Waals surface area contributed by atoms with Crippen molar-refractivity contribution in [3.05, 3.63) is 89.0 Å². The highest BCUT2D eigenvalue weighted by Gasteiger charge is 2.30. The summed E-state index contributed by atoms with van der Waals surface area (Å²) in [6.07, 6.45) is 0. The van der Waals surface area contributed by atoms with Crippen molar-refractivity contribution in [1.82, 2.24) is 0 Å². The third kappa shape index (κ3) is 5.15. The molecule has 0 unspecified atom stereocenters. The van der Waals surface area contributed by atoms with Crippen LogP contribution in [0, 0.1) is 27.7 Å². The van der Waals surface area contributed by atoms with E-state index in [-0.39, 0.29) is 0 Å². The van der Waals surface area contributed by atoms with Crippen LogP contribution in [0.1, 0.15) is 22.3 Å². The van der Waals surface area contributed by atoms with Crippen molar-refractivity contribution in [3.63, 3.8) is 0 Å². The minimum atomic E-state index is -3.72. The fourth-order valence-corrected chi connectivity index (χ4v) is 4.14. The molecule has 0 radical (unpaired) electrons. The summed E-state index contributed by atoms with van der Waals surface area (Å²) in [4.78, 5) is 0. The van der Waals surface area contributed by atoms with Crippen LogP contribution in [0.15, 0.2) is 66.7 Å². The summed E-state index contributed by atoms with van der Waals surface area (Å²) in [6.45, 7) is 7.85. The van der Waals surface area contributed by atoms with Gasteiger partial charge < -0.3 is 9.05 Å². The molecule has 0 heterocycles. The molecule has 0 saturated carbocycles. The number of hydrogen-bond acceptors (Lipinski definition) is 3. The van der Waals surface area contributed by atoms with E-state index in [4.69, 9.17) is 9.05 Å². The quantitative estimate of drug-likeness (QED) is 0.489. The van der Waals surface area contributed by atoms with Gasteiger partial charge in [-0.2, -0.15) is 0 Å². The van der Waals surface area contributed by atoms with Gasteiger partial charge in [0.25, 0.3) is 0 Å². The van der Waals surface area contributed by atoms with Crippen LogP contribution >= 0.6 is 7.75 Å². The van der Waals surface area contributed by atoms with Crippen LogP contribution < -0.4 is 14.1 Å². The van der Waals surface area contributed by atoms with Crippen LogP contribution in [0.2, 0.25) is 0 Å². The maximum atomic E-state index is 13.7. The molecule has 3 aromatic rings. The van der Waals surface area contributed by atoms with E-state index in [0.717, 1.165) is 27.9 Å². The zero-order valence-corrected chi connectivity index (χ0v) is 16.9. The summed E-state index contributed by atoms with van der Waals surface area (Å²) in [5, 5.41) is 3.01. The van der Waals surface area contributed by atoms with E-state index in [9.17, 15) is 4.57 Å². The van der Waals surface area contributed by atoms with E-state index in [1.54, 1.807) is 12.1 Å². The molecule has 0 amide bonds. The van der Waals surface area contributed by atoms with Crippen LogP contribution in [0.4, 0.5) is 5.69 Å². The second-order valence-corrected chi connectivity index (χ2v) is 8.33. The first-order valence-electron chi connectivity index (χ1n) is 8.81. The lowest BCUT2D eigenvalue weighted by molar-refractivity contribution is 0.392. The fraction of sp³-hybridized carbons (Fsp3) is 0.182. The molecular weight excluding hydrogens is 357 g/mol. The number of aryl methyl sites for hydroxylation is 4. The van der Waals surface area contributed by atoms with Crippen LogP contribution in [-0.4, -0.2) is 0 Å². The molecule has 3 aromatic carbocycles. The lowest BCUT2D eigenvalue weighted by atomic mass is 10.1. The Balaban J connectivity index is 1.96. The van der Waals surface area contributed by atoms with E-state index < -0.39 is 7.75 Å². The Kier molecular flexibility index (Phi) is 5.57. The Labute approximate surface area is 160 Å². The van der Waals surface area contributed by atoms with Crippen molar-refractivity contribution in [2.75, 3.05) is 5.09 Å². The lowest BCUT2D eigenvalue weighted by Crippen LogP contribution is -2.11. The van der Waals surface area contributed by atoms with Gasteiger partial charge in [-0.1, -0.05) is 36.4 Å². The fourth-order valence-electron chi connectivity index (χ4n) is 2.69. The Bertz CT molecular complexity index is 949. The predicted octanol–water partition coefficient (Wildman–Crippen LogP) is 6.60. The highest BCUT2D eigenvalue weighted by molar-refractivity contribution is 7.56. The van der Waals surface area contributed by atoms with Gasteiger partial charge in [-0.3, -0.25) is 5.09 Å². The van der Waals surface area contributed by atoms with Crippen molar-refractivity contribution in [1.29, 1.82) is 0 Å². The van der Waals surface area contributed by atoms with Crippen molar-refractivity contribution >= 4 is 13.4 Å². The average molecular weight is 381 g/mol. The zero-order chi connectivity index (χ0) is 19.4. The van der Waals surface area contributed by atoms with Crippen LogP contribution in [0.3, 0.4) is 0 Å². The largest absolute Gasteiger partial charge is 0.541 e. The maximum absolute atomic E-state index is 13.7. The number of hydrogen-bond donors (Lipinski definition) is 1. The van der Waals surface area contributed by atoms with Gasteiger partial charge in [0.15, 0.2) is 0 Å². The van der Waals surface area contributed by atoms with Gasteiger partial charge in [-0.15, -0.1) is 0 Å². The highest BCUT2D eigenvalue weighted by atomic mass is 31.2. The van der Waals surface area contributed by atoms with Crippen LogP contribution in [-0.2, 0) is 4.57 Å². The van der Waals surface area contributed by atoms with Gasteiger partial charge in [-0.25, -0.2) is 4.57 Å². The van der Waals surface area contributed by atoms with Crippen LogP contribution in [0.5, 0.6) is 11.5 Å². The maximum Gasteiger partial charge on any atom is 0.541 e. The number of anilines is 1. The first kappa shape index (κ1) is 19.1. The highest BCUT2D eigenvalue weighted by Crippen LogP contribution is 2.49. The molecule has 4 nitrogen and oxygen atoms in total. The molecule has 27 heavy (non-hydrogen) atoms. The average Bonchev–Trinajstić information content (AvgIpc) is 2.58. The van der Waals surface area contributed by atoms with Crippen molar-refractivity contribution in [2.24, 2.45) is 0 Å². The topological polar surface area (TPSA) is 47.6 Å². The Morgan fingerprint density at radius 3 is 1.74 bits per heavy atom. The van der Waals surface area contributed by atoms with Gasteiger partial charge in [0.05, 0.1) is 0 Å². The Morgan fingerprint density at radius 1 is 0.704 bits per heavy atom. The second kappa shape index (κ2) is 7.89. The molecule has 0 spiro atoms. The van der Waals surface area contributed by atoms with E-state index in [0.29, 0.717) is 11.5 Å². The second-order valence-electron chi connectivity index (χ2n) is 6.74.